The van der Waals surface area contributed by atoms with Gasteiger partial charge >= 0.3 is 0 Å². The number of nitrogens with one attached hydrogen (secondary N) is 2. The number of amides is 2. The van der Waals surface area contributed by atoms with Crippen LogP contribution in [0.15, 0.2) is 41.8 Å². The van der Waals surface area contributed by atoms with Crippen molar-refractivity contribution in [1.82, 2.24) is 20.4 Å². The Morgan fingerprint density at radius 1 is 1.10 bits per heavy atom. The van der Waals surface area contributed by atoms with E-state index in [1.165, 1.54) is 16.0 Å². The fraction of sp³-hybridized carbons (Fsp3) is 0.478. The van der Waals surface area contributed by atoms with Crippen LogP contribution in [0.3, 0.4) is 0 Å². The molecule has 1 aromatic heterocycles. The summed E-state index contributed by atoms with van der Waals surface area (Å²) in [5.41, 5.74) is 2.39. The number of hydrogen-bond acceptors (Lipinski definition) is 5. The van der Waals surface area contributed by atoms with Crippen molar-refractivity contribution in [2.24, 2.45) is 0 Å². The van der Waals surface area contributed by atoms with E-state index >= 15 is 0 Å². The molecule has 2 heterocycles. The smallest absolute Gasteiger partial charge is 0.236 e. The van der Waals surface area contributed by atoms with Gasteiger partial charge in [0.15, 0.2) is 0 Å². The minimum absolute atomic E-state index is 0.0121. The molecule has 6 nitrogen and oxygen atoms in total. The fourth-order valence-corrected chi connectivity index (χ4v) is 4.40. The van der Waals surface area contributed by atoms with Crippen LogP contribution in [0.4, 0.5) is 0 Å². The van der Waals surface area contributed by atoms with E-state index in [0.717, 1.165) is 26.1 Å². The highest BCUT2D eigenvalue weighted by molar-refractivity contribution is 7.10. The van der Waals surface area contributed by atoms with Gasteiger partial charge in [-0.05, 0) is 30.4 Å². The Morgan fingerprint density at radius 2 is 1.83 bits per heavy atom. The molecule has 0 aliphatic carbocycles. The lowest BCUT2D eigenvalue weighted by molar-refractivity contribution is -0.132. The van der Waals surface area contributed by atoms with E-state index in [1.807, 2.05) is 17.9 Å². The molecule has 1 aromatic carbocycles. The molecule has 7 heteroatoms. The van der Waals surface area contributed by atoms with Crippen molar-refractivity contribution < 1.29 is 9.59 Å². The van der Waals surface area contributed by atoms with Gasteiger partial charge in [0.25, 0.3) is 0 Å². The molecule has 0 unspecified atom stereocenters. The molecule has 0 radical (unpaired) electrons. The lowest BCUT2D eigenvalue weighted by Gasteiger charge is -2.34. The summed E-state index contributed by atoms with van der Waals surface area (Å²) in [7, 11) is 0. The molecule has 0 saturated carbocycles. The van der Waals surface area contributed by atoms with Crippen LogP contribution in [-0.4, -0.2) is 67.4 Å². The van der Waals surface area contributed by atoms with E-state index in [1.54, 1.807) is 11.3 Å². The maximum absolute atomic E-state index is 12.8. The molecule has 0 bridgehead atoms. The molecule has 2 amide bonds. The van der Waals surface area contributed by atoms with E-state index in [0.29, 0.717) is 26.2 Å². The van der Waals surface area contributed by atoms with Crippen LogP contribution < -0.4 is 10.6 Å². The van der Waals surface area contributed by atoms with Gasteiger partial charge in [-0.15, -0.1) is 11.3 Å². The number of nitrogens with zero attached hydrogens (tertiary/aromatic N) is 2. The molecule has 1 aliphatic heterocycles. The second-order valence-electron chi connectivity index (χ2n) is 7.75. The number of rotatable bonds is 9. The highest BCUT2D eigenvalue weighted by atomic mass is 32.1. The number of carbonyl (C=O) groups excluding carboxylic acids is 2. The van der Waals surface area contributed by atoms with Crippen LogP contribution in [0.5, 0.6) is 0 Å². The van der Waals surface area contributed by atoms with Crippen molar-refractivity contribution in [2.45, 2.75) is 26.3 Å². The van der Waals surface area contributed by atoms with Crippen LogP contribution in [0, 0.1) is 6.92 Å². The number of piperazine rings is 1. The average Bonchev–Trinajstić information content (AvgIpc) is 3.28. The molecule has 1 aliphatic rings. The maximum atomic E-state index is 12.8. The third-order valence-corrected chi connectivity index (χ3v) is 6.30. The highest BCUT2D eigenvalue weighted by Crippen LogP contribution is 2.26. The second kappa shape index (κ2) is 11.2. The SMILES string of the molecule is CCCNC(=O)CN1CCN(C(=O)CN[C@@H](c2ccc(C)cc2)c2cccs2)CC1. The number of thiophene rings is 1. The zero-order chi connectivity index (χ0) is 21.3. The summed E-state index contributed by atoms with van der Waals surface area (Å²) in [5, 5.41) is 8.44. The molecule has 3 rings (SSSR count). The van der Waals surface area contributed by atoms with Gasteiger partial charge < -0.3 is 10.2 Å². The van der Waals surface area contributed by atoms with Crippen molar-refractivity contribution in [3.05, 3.63) is 57.8 Å². The zero-order valence-corrected chi connectivity index (χ0v) is 18.7. The predicted molar refractivity (Wildman–Crippen MR) is 122 cm³/mol. The van der Waals surface area contributed by atoms with Crippen LogP contribution in [0.1, 0.15) is 35.4 Å². The van der Waals surface area contributed by atoms with Gasteiger partial charge in [0.1, 0.15) is 0 Å². The number of carbonyl (C=O) groups is 2. The Bertz CT molecular complexity index is 799. The van der Waals surface area contributed by atoms with Crippen LogP contribution in [0.25, 0.3) is 0 Å². The predicted octanol–water partition coefficient (Wildman–Crippen LogP) is 2.41. The normalized spacial score (nSPS) is 15.7. The van der Waals surface area contributed by atoms with Crippen molar-refractivity contribution in [2.75, 3.05) is 45.8 Å². The van der Waals surface area contributed by atoms with Crippen molar-refractivity contribution in [3.8, 4) is 0 Å². The fourth-order valence-electron chi connectivity index (χ4n) is 3.58. The van der Waals surface area contributed by atoms with Crippen LogP contribution in [0.2, 0.25) is 0 Å². The summed E-state index contributed by atoms with van der Waals surface area (Å²) in [6.45, 7) is 8.34. The van der Waals surface area contributed by atoms with Crippen molar-refractivity contribution in [3.63, 3.8) is 0 Å². The Morgan fingerprint density at radius 3 is 2.47 bits per heavy atom. The average molecular weight is 429 g/mol. The molecule has 2 N–H and O–H groups in total. The Balaban J connectivity index is 1.50. The van der Waals surface area contributed by atoms with E-state index in [-0.39, 0.29) is 17.9 Å². The van der Waals surface area contributed by atoms with Crippen LogP contribution in [-0.2, 0) is 9.59 Å². The van der Waals surface area contributed by atoms with Gasteiger partial charge in [0, 0.05) is 37.6 Å². The largest absolute Gasteiger partial charge is 0.355 e. The van der Waals surface area contributed by atoms with E-state index in [4.69, 9.17) is 0 Å². The Hall–Kier alpha value is -2.22. The summed E-state index contributed by atoms with van der Waals surface area (Å²) in [5.74, 6) is 0.175. The standard InChI is InChI=1S/C23H32N4O2S/c1-3-10-24-21(28)17-26-11-13-27(14-12-26)22(29)16-25-23(20-5-4-15-30-20)19-8-6-18(2)7-9-19/h4-9,15,23,25H,3,10-14,16-17H2,1-2H3,(H,24,28)/t23-/m0/s1. The first-order valence-electron chi connectivity index (χ1n) is 10.7. The number of aryl methyl sites for hydroxylation is 1. The summed E-state index contributed by atoms with van der Waals surface area (Å²) < 4.78 is 0. The molecular formula is C23H32N4O2S. The summed E-state index contributed by atoms with van der Waals surface area (Å²) in [4.78, 5) is 29.9. The van der Waals surface area contributed by atoms with Crippen molar-refractivity contribution in [1.29, 1.82) is 0 Å². The topological polar surface area (TPSA) is 64.7 Å². The van der Waals surface area contributed by atoms with Gasteiger partial charge in [0.05, 0.1) is 19.1 Å². The molecule has 162 valence electrons. The monoisotopic (exact) mass is 428 g/mol. The minimum atomic E-state index is 0.0121. The van der Waals surface area contributed by atoms with Crippen molar-refractivity contribution >= 4 is 23.2 Å². The van der Waals surface area contributed by atoms with E-state index in [2.05, 4.69) is 58.2 Å². The van der Waals surface area contributed by atoms with Crippen LogP contribution >= 0.6 is 11.3 Å². The molecular weight excluding hydrogens is 396 g/mol. The van der Waals surface area contributed by atoms with Gasteiger partial charge in [0.2, 0.25) is 11.8 Å². The summed E-state index contributed by atoms with van der Waals surface area (Å²) >= 11 is 1.70. The third-order valence-electron chi connectivity index (χ3n) is 5.36. The second-order valence-corrected chi connectivity index (χ2v) is 8.73. The summed E-state index contributed by atoms with van der Waals surface area (Å²) in [6.07, 6.45) is 0.941. The lowest BCUT2D eigenvalue weighted by atomic mass is 10.0. The molecule has 0 spiro atoms. The number of hydrogen-bond donors (Lipinski definition) is 2. The lowest BCUT2D eigenvalue weighted by Crippen LogP contribution is -2.52. The zero-order valence-electron chi connectivity index (χ0n) is 17.9. The molecule has 30 heavy (non-hydrogen) atoms. The Kier molecular flexibility index (Phi) is 8.42. The van der Waals surface area contributed by atoms with Gasteiger partial charge in [-0.3, -0.25) is 19.8 Å². The molecule has 1 saturated heterocycles. The first-order chi connectivity index (χ1) is 14.6. The van der Waals surface area contributed by atoms with Gasteiger partial charge in [-0.2, -0.15) is 0 Å². The van der Waals surface area contributed by atoms with Gasteiger partial charge in [-0.25, -0.2) is 0 Å². The Labute approximate surface area is 183 Å². The van der Waals surface area contributed by atoms with Gasteiger partial charge in [-0.1, -0.05) is 42.8 Å². The number of benzene rings is 1. The van der Waals surface area contributed by atoms with E-state index in [9.17, 15) is 9.59 Å². The maximum Gasteiger partial charge on any atom is 0.236 e. The minimum Gasteiger partial charge on any atom is -0.355 e. The molecule has 2 aromatic rings. The molecule has 1 fully saturated rings. The van der Waals surface area contributed by atoms with E-state index < -0.39 is 0 Å². The third kappa shape index (κ3) is 6.39. The highest BCUT2D eigenvalue weighted by Gasteiger charge is 2.23. The quantitative estimate of drug-likeness (QED) is 0.644. The summed E-state index contributed by atoms with van der Waals surface area (Å²) in [6, 6.07) is 12.6. The first kappa shape index (κ1) is 22.5. The first-order valence-corrected chi connectivity index (χ1v) is 11.5. The molecule has 1 atom stereocenters.